The van der Waals surface area contributed by atoms with Crippen LogP contribution in [0, 0.1) is 0 Å². The van der Waals surface area contributed by atoms with Crippen LogP contribution in [-0.2, 0) is 124 Å². The summed E-state index contributed by atoms with van der Waals surface area (Å²) in [4.78, 5) is 121. The number of rotatable bonds is 21. The van der Waals surface area contributed by atoms with Gasteiger partial charge in [0.15, 0.2) is 5.92 Å². The zero-order valence-electron chi connectivity index (χ0n) is 72.8. The van der Waals surface area contributed by atoms with E-state index in [-0.39, 0.29) is 96.8 Å². The summed E-state index contributed by atoms with van der Waals surface area (Å²) >= 11 is 29.7. The topological polar surface area (TPSA) is 419 Å². The molecule has 0 aromatic carbocycles. The summed E-state index contributed by atoms with van der Waals surface area (Å²) in [6, 6.07) is 9.16. The second-order valence-electron chi connectivity index (χ2n) is 30.5. The van der Waals surface area contributed by atoms with Crippen LogP contribution >= 0.6 is 58.0 Å². The lowest BCUT2D eigenvalue weighted by Gasteiger charge is -2.32. The van der Waals surface area contributed by atoms with Gasteiger partial charge in [-0.25, -0.2) is 59.8 Å². The Kier molecular flexibility index (Phi) is 38.1. The molecule has 15 rings (SSSR count). The largest absolute Gasteiger partial charge is 2.00 e. The van der Waals surface area contributed by atoms with E-state index in [4.69, 9.17) is 126 Å². The summed E-state index contributed by atoms with van der Waals surface area (Å²) in [6.45, 7) is 29.4. The first-order valence-corrected chi connectivity index (χ1v) is 43.4. The first-order chi connectivity index (χ1) is 61.3. The maximum Gasteiger partial charge on any atom is 0.497 e. The maximum atomic E-state index is 13.7. The molecule has 0 atom stereocenters. The van der Waals surface area contributed by atoms with E-state index in [1.165, 1.54) is 18.2 Å². The highest BCUT2D eigenvalue weighted by molar-refractivity contribution is 7.37. The Hall–Kier alpha value is -9.19. The zero-order valence-corrected chi connectivity index (χ0v) is 77.4. The van der Waals surface area contributed by atoms with Crippen LogP contribution in [0.5, 0.6) is 0 Å². The van der Waals surface area contributed by atoms with E-state index < -0.39 is 76.5 Å². The van der Waals surface area contributed by atoms with Gasteiger partial charge in [0.05, 0.1) is 156 Å². The standard InChI is InChI=1S/C20H22F3N5O3.C15H20ClN3O5.C14H18ClN3O3.C12H16BF3N2O2.C12H16ClN3O3.C8H9Cl2N3O.S/c1-2-31-17(29)19(3-4-19)15-10-14(26-18(27-15)28-5-7-30-8-6-28)12-11-25-16(24)9-13(12)20(21,22)23;1-3-23-13(20)12(14(21)24-4-2)10-9-11(16)18-15(17-10)19-5-7-22-8-6-19;1-2-21-12(19)14(3-4-14)10-9-11(15)17-13(16-10)18-5-7-20-8-6-18;1-10(2)11(3,4)20-13(19-10)8-6-18-9(17)5-7(8)12(14,15)16;1-2-19-11(17)8-9-7-10(13)15-12(14-9)16-3-5-18-6-4-16;9-6-5-7(10)12-8(11-6)13-1-3-14-4-2-13;/h9-11H,2-8H2,1H3,(H2,24,25);9,12H,3-8H2,1-2H3;9H,2-8H2,1H3;5-6H,1-4H3,(H2,17,18);7H,2-6,8H2,1H3;5H,1-4H2;/q;;;;;;-2. The highest BCUT2D eigenvalue weighted by Gasteiger charge is 2.57. The van der Waals surface area contributed by atoms with Crippen molar-refractivity contribution < 1.29 is 107 Å². The Balaban J connectivity index is 0.000000178. The highest BCUT2D eigenvalue weighted by Crippen LogP contribution is 2.51. The Morgan fingerprint density at radius 3 is 1.16 bits per heavy atom. The van der Waals surface area contributed by atoms with Crippen molar-refractivity contribution in [3.8, 4) is 11.3 Å². The number of esters is 5. The average Bonchev–Trinajstić information content (AvgIpc) is 1.60. The number of morpholine rings is 5. The molecule has 0 amide bonds. The molecule has 7 aromatic heterocycles. The van der Waals surface area contributed by atoms with Gasteiger partial charge in [0.25, 0.3) is 0 Å². The number of nitrogens with zero attached hydrogens (tertiary/aromatic N) is 17. The molecule has 0 bridgehead atoms. The Labute approximate surface area is 778 Å². The summed E-state index contributed by atoms with van der Waals surface area (Å²) in [7, 11) is -1.12. The third-order valence-corrected chi connectivity index (χ3v) is 22.0. The van der Waals surface area contributed by atoms with Gasteiger partial charge >= 0.3 is 49.3 Å². The normalized spacial score (nSPS) is 17.6. The molecular formula is C81H101BCl5F6N19O17S-2. The molecule has 49 heteroatoms. The molecule has 130 heavy (non-hydrogen) atoms. The van der Waals surface area contributed by atoms with Crippen molar-refractivity contribution in [1.29, 1.82) is 0 Å². The number of nitrogens with two attached hydrogens (primary N) is 2. The van der Waals surface area contributed by atoms with E-state index >= 15 is 0 Å². The molecule has 710 valence electrons. The number of alkyl halides is 6. The number of ether oxygens (including phenoxy) is 10. The Morgan fingerprint density at radius 1 is 0.431 bits per heavy atom. The quantitative estimate of drug-likeness (QED) is 0.0169. The molecule has 2 saturated carbocycles. The molecule has 0 unspecified atom stereocenters. The monoisotopic (exact) mass is 1940 g/mol. The van der Waals surface area contributed by atoms with E-state index in [2.05, 4.69) is 59.8 Å². The highest BCUT2D eigenvalue weighted by atomic mass is 35.5. The minimum atomic E-state index is -4.66. The van der Waals surface area contributed by atoms with Gasteiger partial charge in [-0.3, -0.25) is 24.0 Å². The van der Waals surface area contributed by atoms with Crippen LogP contribution in [-0.4, -0.2) is 273 Å². The van der Waals surface area contributed by atoms with Crippen molar-refractivity contribution in [3.63, 3.8) is 0 Å². The van der Waals surface area contributed by atoms with Crippen LogP contribution in [0.1, 0.15) is 128 Å². The van der Waals surface area contributed by atoms with Crippen LogP contribution < -0.4 is 41.4 Å². The number of carbonyl (C=O) groups is 5. The van der Waals surface area contributed by atoms with Gasteiger partial charge in [-0.15, -0.1) is 0 Å². The van der Waals surface area contributed by atoms with Gasteiger partial charge in [-0.2, -0.15) is 26.3 Å². The van der Waals surface area contributed by atoms with Crippen molar-refractivity contribution in [2.24, 2.45) is 0 Å². The first kappa shape index (κ1) is 105. The van der Waals surface area contributed by atoms with Gasteiger partial charge in [-0.1, -0.05) is 58.0 Å². The van der Waals surface area contributed by atoms with E-state index in [0.717, 1.165) is 76.6 Å². The van der Waals surface area contributed by atoms with Crippen molar-refractivity contribution >= 4 is 155 Å². The number of hydrogen-bond acceptors (Lipinski definition) is 36. The molecule has 8 aliphatic rings. The summed E-state index contributed by atoms with van der Waals surface area (Å²) in [5.74, 6) is -1.87. The lowest BCUT2D eigenvalue weighted by Crippen LogP contribution is -2.41. The number of carbonyl (C=O) groups excluding carboxylic acids is 5. The van der Waals surface area contributed by atoms with E-state index in [1.54, 1.807) is 74.4 Å². The summed E-state index contributed by atoms with van der Waals surface area (Å²) in [5, 5.41) is 1.56. The van der Waals surface area contributed by atoms with Crippen LogP contribution in [0.15, 0.2) is 54.9 Å². The van der Waals surface area contributed by atoms with Crippen LogP contribution in [0.25, 0.3) is 11.3 Å². The number of pyridine rings is 2. The van der Waals surface area contributed by atoms with Crippen molar-refractivity contribution in [1.82, 2.24) is 59.8 Å². The molecule has 0 radical (unpaired) electrons. The third kappa shape index (κ3) is 28.4. The molecule has 13 heterocycles. The molecule has 0 spiro atoms. The van der Waals surface area contributed by atoms with Gasteiger partial charge in [0.1, 0.15) is 48.2 Å². The van der Waals surface area contributed by atoms with Gasteiger partial charge in [0, 0.05) is 94.9 Å². The smallest absolute Gasteiger partial charge is 0.497 e. The molecule has 8 fully saturated rings. The van der Waals surface area contributed by atoms with Crippen molar-refractivity contribution in [3.05, 3.63) is 115 Å². The fourth-order valence-corrected chi connectivity index (χ4v) is 14.3. The van der Waals surface area contributed by atoms with Gasteiger partial charge in [0.2, 0.25) is 29.7 Å². The Bertz CT molecular complexity index is 4930. The number of halogens is 11. The number of anilines is 7. The van der Waals surface area contributed by atoms with Gasteiger partial charge in [-0.05, 0) is 124 Å². The minimum Gasteiger partial charge on any atom is -2.00 e. The SMILES string of the molecule is CC1(C)OB(c2cnc(N)cc2C(F)(F)F)OC1(C)C.CCOC(=O)C(C(=O)OCC)c1cc(Cl)nc(N2CCOCC2)n1.CCOC(=O)C1(c2cc(-c3cnc(N)cc3C(F)(F)F)nc(N3CCOCC3)n2)CC1.CCOC(=O)C1(c2cc(Cl)nc(N3CCOCC3)n2)CC1.CCOC(=O)Cc1cc(Cl)nc(N2CCOCC2)n1.Clc1cc(Cl)nc(N2CCOCC2)n1.[S-2]. The lowest BCUT2D eigenvalue weighted by molar-refractivity contribution is -0.157. The molecule has 6 aliphatic heterocycles. The minimum absolute atomic E-state index is 0. The molecule has 7 aromatic rings. The summed E-state index contributed by atoms with van der Waals surface area (Å²) < 4.78 is 143. The lowest BCUT2D eigenvalue weighted by atomic mass is 9.77. The first-order valence-electron chi connectivity index (χ1n) is 41.6. The predicted molar refractivity (Wildman–Crippen MR) is 471 cm³/mol. The van der Waals surface area contributed by atoms with Crippen LogP contribution in [0.3, 0.4) is 0 Å². The molecule has 36 nitrogen and oxygen atoms in total. The molecular weight excluding hydrogens is 1850 g/mol. The van der Waals surface area contributed by atoms with Crippen LogP contribution in [0.4, 0.5) is 67.7 Å². The zero-order chi connectivity index (χ0) is 93.6. The fraction of sp³-hybridized carbons (Fsp3) is 0.568. The third-order valence-electron chi connectivity index (χ3n) is 21.0. The molecule has 4 N–H and O–H groups in total. The fourth-order valence-electron chi connectivity index (χ4n) is 13.3. The number of hydrogen-bond donors (Lipinski definition) is 2. The predicted octanol–water partition coefficient (Wildman–Crippen LogP) is 9.98. The van der Waals surface area contributed by atoms with Crippen molar-refractivity contribution in [2.75, 3.05) is 201 Å². The molecule has 2 aliphatic carbocycles. The average molecular weight is 1950 g/mol. The van der Waals surface area contributed by atoms with E-state index in [1.807, 2.05) is 24.5 Å². The van der Waals surface area contributed by atoms with Crippen LogP contribution in [0.2, 0.25) is 25.8 Å². The molecule has 6 saturated heterocycles. The van der Waals surface area contributed by atoms with E-state index in [0.29, 0.717) is 180 Å². The number of aromatic nitrogens is 12. The maximum absolute atomic E-state index is 13.7. The van der Waals surface area contributed by atoms with E-state index in [9.17, 15) is 50.3 Å². The Morgan fingerprint density at radius 2 is 0.769 bits per heavy atom. The number of nitrogen functional groups attached to an aromatic ring is 2. The summed E-state index contributed by atoms with van der Waals surface area (Å²) in [5.41, 5.74) is 7.38. The van der Waals surface area contributed by atoms with Crippen molar-refractivity contribution in [2.45, 2.75) is 135 Å². The summed E-state index contributed by atoms with van der Waals surface area (Å²) in [6.07, 6.45) is -4.46. The van der Waals surface area contributed by atoms with Gasteiger partial charge < -0.3 is 106 Å². The second kappa shape index (κ2) is 47.4. The second-order valence-corrected chi connectivity index (χ2v) is 32.4.